The first-order valence-corrected chi connectivity index (χ1v) is 7.59. The number of nitrogens with one attached hydrogen (secondary N) is 1. The standard InChI is InChI=1S/C16H18BrN3O/c1-11-13(17)8-10-15(19-11)20-16(21)14(18)9-7-12-5-3-2-4-6-12/h2-6,8,10,14H,7,9,18H2,1H3,(H,19,20,21). The monoisotopic (exact) mass is 347 g/mol. The van der Waals surface area contributed by atoms with Crippen molar-refractivity contribution in [3.63, 3.8) is 0 Å². The highest BCUT2D eigenvalue weighted by atomic mass is 79.9. The number of benzene rings is 1. The van der Waals surface area contributed by atoms with E-state index in [4.69, 9.17) is 5.73 Å². The highest BCUT2D eigenvalue weighted by molar-refractivity contribution is 9.10. The van der Waals surface area contributed by atoms with Crippen molar-refractivity contribution in [1.82, 2.24) is 4.98 Å². The molecule has 1 amide bonds. The molecular weight excluding hydrogens is 330 g/mol. The maximum Gasteiger partial charge on any atom is 0.242 e. The maximum atomic E-state index is 12.0. The molecule has 0 radical (unpaired) electrons. The minimum absolute atomic E-state index is 0.208. The lowest BCUT2D eigenvalue weighted by molar-refractivity contribution is -0.117. The summed E-state index contributed by atoms with van der Waals surface area (Å²) in [5, 5.41) is 2.75. The van der Waals surface area contributed by atoms with Gasteiger partial charge in [0, 0.05) is 4.47 Å². The lowest BCUT2D eigenvalue weighted by atomic mass is 10.1. The Labute approximate surface area is 132 Å². The van der Waals surface area contributed by atoms with Crippen molar-refractivity contribution in [3.8, 4) is 0 Å². The second-order valence-electron chi connectivity index (χ2n) is 4.88. The quantitative estimate of drug-likeness (QED) is 0.873. The van der Waals surface area contributed by atoms with E-state index < -0.39 is 6.04 Å². The van der Waals surface area contributed by atoms with Crippen LogP contribution in [0.4, 0.5) is 5.82 Å². The number of carbonyl (C=O) groups is 1. The van der Waals surface area contributed by atoms with Crippen LogP contribution in [0, 0.1) is 6.92 Å². The van der Waals surface area contributed by atoms with Crippen LogP contribution in [0.15, 0.2) is 46.9 Å². The average Bonchev–Trinajstić information content (AvgIpc) is 2.49. The topological polar surface area (TPSA) is 68.0 Å². The van der Waals surface area contributed by atoms with E-state index in [0.29, 0.717) is 12.2 Å². The van der Waals surface area contributed by atoms with E-state index in [1.165, 1.54) is 5.56 Å². The van der Waals surface area contributed by atoms with Crippen molar-refractivity contribution < 1.29 is 4.79 Å². The molecule has 0 saturated heterocycles. The second-order valence-corrected chi connectivity index (χ2v) is 5.74. The number of halogens is 1. The van der Waals surface area contributed by atoms with Gasteiger partial charge in [-0.25, -0.2) is 4.98 Å². The number of aryl methyl sites for hydroxylation is 2. The largest absolute Gasteiger partial charge is 0.320 e. The van der Waals surface area contributed by atoms with E-state index in [2.05, 4.69) is 26.2 Å². The molecule has 2 rings (SSSR count). The molecule has 110 valence electrons. The number of nitrogens with two attached hydrogens (primary N) is 1. The lowest BCUT2D eigenvalue weighted by Gasteiger charge is -2.12. The highest BCUT2D eigenvalue weighted by Crippen LogP contribution is 2.16. The zero-order valence-electron chi connectivity index (χ0n) is 11.8. The molecule has 1 aromatic heterocycles. The zero-order chi connectivity index (χ0) is 15.2. The summed E-state index contributed by atoms with van der Waals surface area (Å²) in [4.78, 5) is 16.3. The summed E-state index contributed by atoms with van der Waals surface area (Å²) in [6, 6.07) is 13.1. The SMILES string of the molecule is Cc1nc(NC(=O)C(N)CCc2ccccc2)ccc1Br. The number of amides is 1. The molecule has 1 unspecified atom stereocenters. The van der Waals surface area contributed by atoms with Crippen LogP contribution in [0.3, 0.4) is 0 Å². The number of rotatable bonds is 5. The highest BCUT2D eigenvalue weighted by Gasteiger charge is 2.14. The Bertz CT molecular complexity index is 616. The van der Waals surface area contributed by atoms with Crippen LogP contribution in [0.25, 0.3) is 0 Å². The molecule has 0 aliphatic heterocycles. The van der Waals surface area contributed by atoms with Gasteiger partial charge in [-0.15, -0.1) is 0 Å². The first-order chi connectivity index (χ1) is 10.1. The second kappa shape index (κ2) is 7.33. The molecule has 1 aromatic carbocycles. The first-order valence-electron chi connectivity index (χ1n) is 6.80. The van der Waals surface area contributed by atoms with E-state index in [0.717, 1.165) is 16.6 Å². The summed E-state index contributed by atoms with van der Waals surface area (Å²) in [6.45, 7) is 1.87. The summed E-state index contributed by atoms with van der Waals surface area (Å²) in [7, 11) is 0. The van der Waals surface area contributed by atoms with Gasteiger partial charge >= 0.3 is 0 Å². The molecule has 0 saturated carbocycles. The minimum Gasteiger partial charge on any atom is -0.320 e. The molecule has 4 nitrogen and oxygen atoms in total. The van der Waals surface area contributed by atoms with Crippen LogP contribution in [0.1, 0.15) is 17.7 Å². The molecule has 2 aromatic rings. The normalized spacial score (nSPS) is 12.0. The number of nitrogens with zero attached hydrogens (tertiary/aromatic N) is 1. The molecular formula is C16H18BrN3O. The van der Waals surface area contributed by atoms with Gasteiger partial charge in [0.05, 0.1) is 11.7 Å². The number of aromatic nitrogens is 1. The molecule has 1 atom stereocenters. The predicted octanol–water partition coefficient (Wildman–Crippen LogP) is 3.05. The third-order valence-corrected chi connectivity index (χ3v) is 4.03. The van der Waals surface area contributed by atoms with Gasteiger partial charge in [-0.2, -0.15) is 0 Å². The van der Waals surface area contributed by atoms with Crippen molar-refractivity contribution in [3.05, 3.63) is 58.2 Å². The van der Waals surface area contributed by atoms with Gasteiger partial charge in [0.1, 0.15) is 5.82 Å². The Morgan fingerprint density at radius 2 is 2.00 bits per heavy atom. The van der Waals surface area contributed by atoms with Crippen LogP contribution in [-0.2, 0) is 11.2 Å². The fourth-order valence-electron chi connectivity index (χ4n) is 1.93. The van der Waals surface area contributed by atoms with Crippen LogP contribution in [0.5, 0.6) is 0 Å². The number of carbonyl (C=O) groups excluding carboxylic acids is 1. The van der Waals surface area contributed by atoms with Crippen LogP contribution < -0.4 is 11.1 Å². The van der Waals surface area contributed by atoms with Crippen LogP contribution >= 0.6 is 15.9 Å². The fourth-order valence-corrected chi connectivity index (χ4v) is 2.15. The first kappa shape index (κ1) is 15.7. The zero-order valence-corrected chi connectivity index (χ0v) is 13.4. The van der Waals surface area contributed by atoms with E-state index in [-0.39, 0.29) is 5.91 Å². The third-order valence-electron chi connectivity index (χ3n) is 3.20. The summed E-state index contributed by atoms with van der Waals surface area (Å²) < 4.78 is 0.911. The van der Waals surface area contributed by atoms with Crippen molar-refractivity contribution in [2.24, 2.45) is 5.73 Å². The van der Waals surface area contributed by atoms with Crippen molar-refractivity contribution in [2.45, 2.75) is 25.8 Å². The van der Waals surface area contributed by atoms with Crippen LogP contribution in [0.2, 0.25) is 0 Å². The summed E-state index contributed by atoms with van der Waals surface area (Å²) in [5.41, 5.74) is 7.94. The Morgan fingerprint density at radius 3 is 2.67 bits per heavy atom. The summed E-state index contributed by atoms with van der Waals surface area (Å²) in [5.74, 6) is 0.316. The van der Waals surface area contributed by atoms with Crippen molar-refractivity contribution in [2.75, 3.05) is 5.32 Å². The third kappa shape index (κ3) is 4.65. The number of anilines is 1. The molecule has 1 heterocycles. The molecule has 0 fully saturated rings. The van der Waals surface area contributed by atoms with Gasteiger partial charge in [0.25, 0.3) is 0 Å². The maximum absolute atomic E-state index is 12.0. The number of pyridine rings is 1. The van der Waals surface area contributed by atoms with E-state index in [1.807, 2.05) is 43.3 Å². The minimum atomic E-state index is -0.545. The summed E-state index contributed by atoms with van der Waals surface area (Å²) in [6.07, 6.45) is 1.38. The van der Waals surface area contributed by atoms with E-state index in [1.54, 1.807) is 6.07 Å². The number of hydrogen-bond donors (Lipinski definition) is 2. The Hall–Kier alpha value is -1.72. The Morgan fingerprint density at radius 1 is 1.29 bits per heavy atom. The van der Waals surface area contributed by atoms with E-state index >= 15 is 0 Å². The van der Waals surface area contributed by atoms with Gasteiger partial charge in [-0.1, -0.05) is 30.3 Å². The van der Waals surface area contributed by atoms with Gasteiger partial charge in [-0.3, -0.25) is 4.79 Å². The molecule has 0 aliphatic rings. The van der Waals surface area contributed by atoms with Crippen molar-refractivity contribution >= 4 is 27.7 Å². The van der Waals surface area contributed by atoms with Crippen molar-refractivity contribution in [1.29, 1.82) is 0 Å². The molecule has 3 N–H and O–H groups in total. The molecule has 0 bridgehead atoms. The number of hydrogen-bond acceptors (Lipinski definition) is 3. The fraction of sp³-hybridized carbons (Fsp3) is 0.250. The molecule has 0 aliphatic carbocycles. The summed E-state index contributed by atoms with van der Waals surface area (Å²) >= 11 is 3.38. The smallest absolute Gasteiger partial charge is 0.242 e. The van der Waals surface area contributed by atoms with E-state index in [9.17, 15) is 4.79 Å². The molecule has 21 heavy (non-hydrogen) atoms. The molecule has 5 heteroatoms. The predicted molar refractivity (Wildman–Crippen MR) is 88.0 cm³/mol. The van der Waals surface area contributed by atoms with Gasteiger partial charge in [0.2, 0.25) is 5.91 Å². The Kier molecular flexibility index (Phi) is 5.47. The average molecular weight is 348 g/mol. The van der Waals surface area contributed by atoms with Gasteiger partial charge in [-0.05, 0) is 53.4 Å². The molecule has 0 spiro atoms. The lowest BCUT2D eigenvalue weighted by Crippen LogP contribution is -2.36. The van der Waals surface area contributed by atoms with Gasteiger partial charge in [0.15, 0.2) is 0 Å². The Balaban J connectivity index is 1.89. The van der Waals surface area contributed by atoms with Crippen LogP contribution in [-0.4, -0.2) is 16.9 Å². The van der Waals surface area contributed by atoms with Gasteiger partial charge < -0.3 is 11.1 Å².